The van der Waals surface area contributed by atoms with Crippen LogP contribution in [-0.2, 0) is 0 Å². The second-order valence-electron chi connectivity index (χ2n) is 4.77. The minimum Gasteiger partial charge on any atom is -0.397 e. The summed E-state index contributed by atoms with van der Waals surface area (Å²) in [7, 11) is 0. The number of carbonyl (C=O) groups is 1. The van der Waals surface area contributed by atoms with Crippen molar-refractivity contribution in [2.24, 2.45) is 0 Å². The molecule has 2 aromatic heterocycles. The number of aromatic amines is 1. The molecule has 2 heterocycles. The molecule has 0 aliphatic rings. The van der Waals surface area contributed by atoms with Crippen molar-refractivity contribution in [3.63, 3.8) is 0 Å². The summed E-state index contributed by atoms with van der Waals surface area (Å²) in [6.07, 6.45) is 1.66. The van der Waals surface area contributed by atoms with Crippen LogP contribution in [0.3, 0.4) is 0 Å². The first-order valence-corrected chi connectivity index (χ1v) is 7.14. The maximum atomic E-state index is 12.3. The Morgan fingerprint density at radius 3 is 2.90 bits per heavy atom. The van der Waals surface area contributed by atoms with E-state index in [2.05, 4.69) is 31.2 Å². The summed E-state index contributed by atoms with van der Waals surface area (Å²) < 4.78 is 0.902. The Labute approximate surface area is 129 Å². The fourth-order valence-corrected chi connectivity index (χ4v) is 2.31. The zero-order valence-corrected chi connectivity index (χ0v) is 12.9. The Morgan fingerprint density at radius 1 is 1.38 bits per heavy atom. The number of nitrogens with one attached hydrogen (secondary N) is 2. The third-order valence-electron chi connectivity index (χ3n) is 3.22. The number of benzene rings is 1. The number of anilines is 2. The van der Waals surface area contributed by atoms with Crippen molar-refractivity contribution in [1.29, 1.82) is 0 Å². The van der Waals surface area contributed by atoms with Gasteiger partial charge in [0.25, 0.3) is 5.91 Å². The zero-order chi connectivity index (χ0) is 15.0. The first-order valence-electron chi connectivity index (χ1n) is 6.35. The fraction of sp³-hybridized carbons (Fsp3) is 0.0667. The lowest BCUT2D eigenvalue weighted by Crippen LogP contribution is -2.13. The average Bonchev–Trinajstić information content (AvgIpc) is 2.89. The number of aromatic nitrogens is 2. The molecule has 5 nitrogen and oxygen atoms in total. The van der Waals surface area contributed by atoms with Crippen molar-refractivity contribution < 1.29 is 4.79 Å². The first kappa shape index (κ1) is 13.6. The molecular formula is C15H13BrN4O. The largest absolute Gasteiger partial charge is 0.397 e. The highest BCUT2D eigenvalue weighted by Crippen LogP contribution is 2.22. The van der Waals surface area contributed by atoms with E-state index in [1.807, 2.05) is 19.1 Å². The third-order valence-corrected chi connectivity index (χ3v) is 4.05. The van der Waals surface area contributed by atoms with Crippen molar-refractivity contribution in [2.45, 2.75) is 6.92 Å². The lowest BCUT2D eigenvalue weighted by molar-refractivity contribution is 0.102. The second-order valence-corrected chi connectivity index (χ2v) is 5.62. The Balaban J connectivity index is 1.90. The molecule has 0 unspecified atom stereocenters. The van der Waals surface area contributed by atoms with Crippen molar-refractivity contribution in [2.75, 3.05) is 11.1 Å². The molecule has 1 amide bonds. The molecule has 3 rings (SSSR count). The van der Waals surface area contributed by atoms with E-state index in [0.29, 0.717) is 17.2 Å². The normalized spacial score (nSPS) is 10.8. The number of carbonyl (C=O) groups excluding carboxylic acids is 1. The molecule has 1 aromatic carbocycles. The summed E-state index contributed by atoms with van der Waals surface area (Å²) in [5, 5.41) is 3.67. The summed E-state index contributed by atoms with van der Waals surface area (Å²) in [6.45, 7) is 1.94. The van der Waals surface area contributed by atoms with Gasteiger partial charge in [-0.1, -0.05) is 12.1 Å². The standard InChI is InChI=1S/C15H13BrN4O/c1-8-5-13(18-7-10(8)16)20-15(21)12-6-9-3-2-4-11(17)14(9)19-12/h2-7,19H,17H2,1H3,(H,18,20,21). The van der Waals surface area contributed by atoms with Gasteiger partial charge in [-0.15, -0.1) is 0 Å². The molecule has 0 atom stereocenters. The number of nitrogens with zero attached hydrogens (tertiary/aromatic N) is 1. The summed E-state index contributed by atoms with van der Waals surface area (Å²) in [4.78, 5) is 19.5. The van der Waals surface area contributed by atoms with Gasteiger partial charge in [-0.2, -0.15) is 0 Å². The number of aryl methyl sites for hydroxylation is 1. The van der Waals surface area contributed by atoms with Gasteiger partial charge in [0.05, 0.1) is 11.2 Å². The number of nitrogens with two attached hydrogens (primary N) is 1. The minimum absolute atomic E-state index is 0.250. The SMILES string of the molecule is Cc1cc(NC(=O)c2cc3cccc(N)c3[nH]2)ncc1Br. The number of hydrogen-bond acceptors (Lipinski definition) is 3. The van der Waals surface area contributed by atoms with Gasteiger partial charge in [-0.3, -0.25) is 4.79 Å². The van der Waals surface area contributed by atoms with Crippen molar-refractivity contribution in [3.05, 3.63) is 52.3 Å². The number of hydrogen-bond donors (Lipinski definition) is 3. The molecule has 6 heteroatoms. The lowest BCUT2D eigenvalue weighted by Gasteiger charge is -2.04. The summed E-state index contributed by atoms with van der Waals surface area (Å²) in [5.41, 5.74) is 8.71. The van der Waals surface area contributed by atoms with Crippen LogP contribution in [-0.4, -0.2) is 15.9 Å². The lowest BCUT2D eigenvalue weighted by atomic mass is 10.2. The molecular weight excluding hydrogens is 332 g/mol. The van der Waals surface area contributed by atoms with Crippen LogP contribution in [0.15, 0.2) is 41.0 Å². The molecule has 0 radical (unpaired) electrons. The number of rotatable bonds is 2. The van der Waals surface area contributed by atoms with Crippen LogP contribution in [0.1, 0.15) is 16.1 Å². The molecule has 0 aliphatic heterocycles. The van der Waals surface area contributed by atoms with Gasteiger partial charge in [-0.05, 0) is 46.6 Å². The third kappa shape index (κ3) is 2.62. The molecule has 0 spiro atoms. The Bertz CT molecular complexity index is 841. The summed E-state index contributed by atoms with van der Waals surface area (Å²) in [5.74, 6) is 0.257. The number of pyridine rings is 1. The number of amides is 1. The summed E-state index contributed by atoms with van der Waals surface area (Å²) in [6, 6.07) is 9.12. The van der Waals surface area contributed by atoms with E-state index in [4.69, 9.17) is 5.73 Å². The molecule has 3 aromatic rings. The molecule has 0 fully saturated rings. The summed E-state index contributed by atoms with van der Waals surface area (Å²) >= 11 is 3.38. The Hall–Kier alpha value is -2.34. The van der Waals surface area contributed by atoms with Gasteiger partial charge >= 0.3 is 0 Å². The number of H-pyrrole nitrogens is 1. The average molecular weight is 345 g/mol. The molecule has 4 N–H and O–H groups in total. The smallest absolute Gasteiger partial charge is 0.273 e. The van der Waals surface area contributed by atoms with Crippen LogP contribution in [0, 0.1) is 6.92 Å². The predicted octanol–water partition coefficient (Wildman–Crippen LogP) is 3.47. The van der Waals surface area contributed by atoms with Gasteiger partial charge < -0.3 is 16.0 Å². The zero-order valence-electron chi connectivity index (χ0n) is 11.3. The monoisotopic (exact) mass is 344 g/mol. The molecule has 21 heavy (non-hydrogen) atoms. The van der Waals surface area contributed by atoms with E-state index in [9.17, 15) is 4.79 Å². The van der Waals surface area contributed by atoms with Crippen LogP contribution in [0.4, 0.5) is 11.5 Å². The Kier molecular flexibility index (Phi) is 3.39. The van der Waals surface area contributed by atoms with E-state index in [-0.39, 0.29) is 5.91 Å². The number of nitrogen functional groups attached to an aromatic ring is 1. The van der Waals surface area contributed by atoms with Crippen LogP contribution < -0.4 is 11.1 Å². The Morgan fingerprint density at radius 2 is 2.19 bits per heavy atom. The number of fused-ring (bicyclic) bond motifs is 1. The van der Waals surface area contributed by atoms with Crippen molar-refractivity contribution in [1.82, 2.24) is 9.97 Å². The van der Waals surface area contributed by atoms with Gasteiger partial charge in [0.15, 0.2) is 0 Å². The highest BCUT2D eigenvalue weighted by molar-refractivity contribution is 9.10. The molecule has 0 aliphatic carbocycles. The molecule has 0 saturated heterocycles. The van der Waals surface area contributed by atoms with Crippen LogP contribution in [0.5, 0.6) is 0 Å². The maximum absolute atomic E-state index is 12.3. The number of halogens is 1. The van der Waals surface area contributed by atoms with Gasteiger partial charge in [-0.25, -0.2) is 4.98 Å². The van der Waals surface area contributed by atoms with Gasteiger partial charge in [0, 0.05) is 16.1 Å². The van der Waals surface area contributed by atoms with E-state index < -0.39 is 0 Å². The quantitative estimate of drug-likeness (QED) is 0.622. The van der Waals surface area contributed by atoms with Crippen molar-refractivity contribution >= 4 is 44.2 Å². The van der Waals surface area contributed by atoms with Crippen LogP contribution >= 0.6 is 15.9 Å². The van der Waals surface area contributed by atoms with Gasteiger partial charge in [0.2, 0.25) is 0 Å². The molecule has 0 saturated carbocycles. The van der Waals surface area contributed by atoms with Crippen LogP contribution in [0.2, 0.25) is 0 Å². The van der Waals surface area contributed by atoms with Gasteiger partial charge in [0.1, 0.15) is 11.5 Å². The highest BCUT2D eigenvalue weighted by Gasteiger charge is 2.12. The van der Waals surface area contributed by atoms with E-state index in [1.54, 1.807) is 24.4 Å². The number of para-hydroxylation sites is 1. The maximum Gasteiger partial charge on any atom is 0.273 e. The van der Waals surface area contributed by atoms with E-state index >= 15 is 0 Å². The van der Waals surface area contributed by atoms with E-state index in [0.717, 1.165) is 20.9 Å². The van der Waals surface area contributed by atoms with Crippen molar-refractivity contribution in [3.8, 4) is 0 Å². The van der Waals surface area contributed by atoms with E-state index in [1.165, 1.54) is 0 Å². The second kappa shape index (κ2) is 5.21. The van der Waals surface area contributed by atoms with Crippen LogP contribution in [0.25, 0.3) is 10.9 Å². The first-order chi connectivity index (χ1) is 10.0. The fourth-order valence-electron chi connectivity index (χ4n) is 2.09. The highest BCUT2D eigenvalue weighted by atomic mass is 79.9. The topological polar surface area (TPSA) is 83.8 Å². The molecule has 106 valence electrons. The molecule has 0 bridgehead atoms. The predicted molar refractivity (Wildman–Crippen MR) is 87.3 cm³/mol. The minimum atomic E-state index is -0.250.